The molecule has 0 fully saturated rings. The Labute approximate surface area is 95.2 Å². The molecule has 0 aliphatic heterocycles. The summed E-state index contributed by atoms with van der Waals surface area (Å²) in [5.74, 6) is 0.282. The van der Waals surface area contributed by atoms with Gasteiger partial charge in [0, 0.05) is 0 Å². The molecule has 0 aromatic carbocycles. The highest BCUT2D eigenvalue weighted by atomic mass is 32.2. The van der Waals surface area contributed by atoms with Gasteiger partial charge >= 0.3 is 0 Å². The third-order valence-electron chi connectivity index (χ3n) is 1.67. The van der Waals surface area contributed by atoms with Gasteiger partial charge in [0.25, 0.3) is 10.0 Å². The van der Waals surface area contributed by atoms with Gasteiger partial charge in [0.15, 0.2) is 10.0 Å². The molecule has 8 nitrogen and oxygen atoms in total. The number of hydrogen-bond acceptors (Lipinski definition) is 7. The van der Waals surface area contributed by atoms with E-state index in [0.29, 0.717) is 5.01 Å². The summed E-state index contributed by atoms with van der Waals surface area (Å²) >= 11 is 1.11. The van der Waals surface area contributed by atoms with Crippen molar-refractivity contribution in [2.75, 3.05) is 0 Å². The molecule has 0 amide bonds. The first kappa shape index (κ1) is 11.1. The van der Waals surface area contributed by atoms with Gasteiger partial charge < -0.3 is 0 Å². The Morgan fingerprint density at radius 1 is 1.56 bits per heavy atom. The third-order valence-corrected chi connectivity index (χ3v) is 4.45. The lowest BCUT2D eigenvalue weighted by Crippen LogP contribution is -2.23. The number of H-pyrrole nitrogens is 1. The lowest BCUT2D eigenvalue weighted by Gasteiger charge is -2.00. The van der Waals surface area contributed by atoms with Crippen LogP contribution in [0.4, 0.5) is 0 Å². The second-order valence-electron chi connectivity index (χ2n) is 2.85. The summed E-state index contributed by atoms with van der Waals surface area (Å²) in [6.07, 6.45) is 1.32. The molecule has 0 bridgehead atoms. The monoisotopic (exact) mass is 260 g/mol. The van der Waals surface area contributed by atoms with Crippen molar-refractivity contribution in [3.8, 4) is 0 Å². The van der Waals surface area contributed by atoms with Crippen molar-refractivity contribution in [1.29, 1.82) is 0 Å². The molecule has 0 radical (unpaired) electrons. The number of rotatable bonds is 4. The van der Waals surface area contributed by atoms with Gasteiger partial charge in [-0.25, -0.2) is 18.1 Å². The lowest BCUT2D eigenvalue weighted by atomic mass is 10.7. The van der Waals surface area contributed by atoms with Crippen molar-refractivity contribution in [3.63, 3.8) is 0 Å². The maximum absolute atomic E-state index is 11.7. The average Bonchev–Trinajstić information content (AvgIpc) is 2.85. The van der Waals surface area contributed by atoms with E-state index in [0.717, 1.165) is 11.3 Å². The van der Waals surface area contributed by atoms with Crippen molar-refractivity contribution in [3.05, 3.63) is 17.0 Å². The lowest BCUT2D eigenvalue weighted by molar-refractivity contribution is 0.581. The van der Waals surface area contributed by atoms with Crippen molar-refractivity contribution in [2.45, 2.75) is 17.7 Å². The quantitative estimate of drug-likeness (QED) is 0.762. The van der Waals surface area contributed by atoms with E-state index >= 15 is 0 Å². The van der Waals surface area contributed by atoms with E-state index in [1.165, 1.54) is 6.20 Å². The highest BCUT2D eigenvalue weighted by Gasteiger charge is 2.17. The Bertz CT molecular complexity index is 560. The van der Waals surface area contributed by atoms with Crippen molar-refractivity contribution >= 4 is 21.4 Å². The van der Waals surface area contributed by atoms with Crippen LogP contribution in [0.3, 0.4) is 0 Å². The number of thiazole rings is 1. The molecule has 0 unspecified atom stereocenters. The van der Waals surface area contributed by atoms with Crippen LogP contribution in [0.15, 0.2) is 10.4 Å². The molecule has 2 N–H and O–H groups in total. The second kappa shape index (κ2) is 4.23. The number of sulfonamides is 1. The molecule has 2 aromatic rings. The molecule has 16 heavy (non-hydrogen) atoms. The number of aryl methyl sites for hydroxylation is 1. The molecule has 10 heteroatoms. The van der Waals surface area contributed by atoms with E-state index in [-0.39, 0.29) is 16.6 Å². The van der Waals surface area contributed by atoms with Gasteiger partial charge in [0.2, 0.25) is 0 Å². The molecule has 2 aromatic heterocycles. The molecule has 2 heterocycles. The highest BCUT2D eigenvalue weighted by molar-refractivity contribution is 7.91. The Morgan fingerprint density at radius 3 is 2.94 bits per heavy atom. The van der Waals surface area contributed by atoms with E-state index in [2.05, 4.69) is 30.3 Å². The van der Waals surface area contributed by atoms with Crippen LogP contribution in [0, 0.1) is 6.92 Å². The summed E-state index contributed by atoms with van der Waals surface area (Å²) in [4.78, 5) is 3.88. The van der Waals surface area contributed by atoms with Gasteiger partial charge in [-0.3, -0.25) is 0 Å². The topological polar surface area (TPSA) is 114 Å². The second-order valence-corrected chi connectivity index (χ2v) is 6.08. The summed E-state index contributed by atoms with van der Waals surface area (Å²) in [6, 6.07) is 0. The van der Waals surface area contributed by atoms with Crippen LogP contribution < -0.4 is 4.72 Å². The fourth-order valence-electron chi connectivity index (χ4n) is 0.954. The van der Waals surface area contributed by atoms with Gasteiger partial charge in [0.1, 0.15) is 0 Å². The smallest absolute Gasteiger partial charge is 0.249 e. The first-order chi connectivity index (χ1) is 7.58. The number of hydrogen-bond donors (Lipinski definition) is 2. The minimum Gasteiger partial charge on any atom is -0.249 e. The van der Waals surface area contributed by atoms with Crippen molar-refractivity contribution in [1.82, 2.24) is 30.3 Å². The Hall–Kier alpha value is -1.39. The average molecular weight is 260 g/mol. The predicted octanol–water partition coefficient (Wildman–Crippen LogP) is -0.557. The van der Waals surface area contributed by atoms with E-state index < -0.39 is 10.0 Å². The van der Waals surface area contributed by atoms with Gasteiger partial charge in [0.05, 0.1) is 17.7 Å². The largest absolute Gasteiger partial charge is 0.252 e. The molecule has 0 aliphatic rings. The Morgan fingerprint density at radius 2 is 2.38 bits per heavy atom. The third kappa shape index (κ3) is 2.40. The summed E-state index contributed by atoms with van der Waals surface area (Å²) < 4.78 is 26.0. The van der Waals surface area contributed by atoms with Crippen LogP contribution in [0.5, 0.6) is 0 Å². The van der Waals surface area contributed by atoms with E-state index in [4.69, 9.17) is 0 Å². The first-order valence-electron chi connectivity index (χ1n) is 4.22. The molecular weight excluding hydrogens is 252 g/mol. The Kier molecular flexibility index (Phi) is 2.94. The van der Waals surface area contributed by atoms with Gasteiger partial charge in [-0.1, -0.05) is 5.21 Å². The van der Waals surface area contributed by atoms with Gasteiger partial charge in [-0.15, -0.1) is 21.5 Å². The van der Waals surface area contributed by atoms with E-state index in [9.17, 15) is 8.42 Å². The number of tetrazole rings is 1. The van der Waals surface area contributed by atoms with Crippen molar-refractivity contribution in [2.24, 2.45) is 0 Å². The summed E-state index contributed by atoms with van der Waals surface area (Å²) in [5, 5.41) is 13.5. The molecule has 0 spiro atoms. The molecule has 0 aliphatic carbocycles. The predicted molar refractivity (Wildman–Crippen MR) is 55.1 cm³/mol. The number of nitrogens with one attached hydrogen (secondary N) is 2. The molecular formula is C6H8N6O2S2. The van der Waals surface area contributed by atoms with Crippen LogP contribution in [0.1, 0.15) is 10.8 Å². The Balaban J connectivity index is 2.09. The molecule has 0 saturated heterocycles. The van der Waals surface area contributed by atoms with E-state index in [1.54, 1.807) is 6.92 Å². The normalized spacial score (nSPS) is 11.8. The fraction of sp³-hybridized carbons (Fsp3) is 0.333. The first-order valence-corrected chi connectivity index (χ1v) is 6.52. The zero-order valence-corrected chi connectivity index (χ0v) is 9.84. The minimum atomic E-state index is -3.53. The zero-order valence-electron chi connectivity index (χ0n) is 8.21. The number of aromatic nitrogens is 5. The molecule has 0 saturated carbocycles. The number of nitrogens with zero attached hydrogens (tertiary/aromatic N) is 4. The van der Waals surface area contributed by atoms with Gasteiger partial charge in [-0.05, 0) is 6.92 Å². The molecule has 86 valence electrons. The summed E-state index contributed by atoms with van der Waals surface area (Å²) in [5.41, 5.74) is 0. The van der Waals surface area contributed by atoms with Crippen LogP contribution >= 0.6 is 11.3 Å². The van der Waals surface area contributed by atoms with Crippen LogP contribution in [0.25, 0.3) is 0 Å². The summed E-state index contributed by atoms with van der Waals surface area (Å²) in [6.45, 7) is 1.73. The van der Waals surface area contributed by atoms with Gasteiger partial charge in [-0.2, -0.15) is 5.21 Å². The van der Waals surface area contributed by atoms with Crippen molar-refractivity contribution < 1.29 is 8.42 Å². The molecule has 2 rings (SSSR count). The maximum atomic E-state index is 11.7. The standard InChI is InChI=1S/C6H8N6O2S2/c1-4-7-3-6(15-4)16(13,14)8-2-5-9-11-12-10-5/h3,8H,2H2,1H3,(H,9,10,11,12). The molecule has 0 atom stereocenters. The number of aromatic amines is 1. The van der Waals surface area contributed by atoms with Crippen LogP contribution in [0.2, 0.25) is 0 Å². The maximum Gasteiger partial charge on any atom is 0.252 e. The van der Waals surface area contributed by atoms with E-state index in [1.807, 2.05) is 0 Å². The SMILES string of the molecule is Cc1ncc(S(=O)(=O)NCc2nn[nH]n2)s1. The van der Waals surface area contributed by atoms with Crippen LogP contribution in [-0.2, 0) is 16.6 Å². The fourth-order valence-corrected chi connectivity index (χ4v) is 3.09. The zero-order chi connectivity index (χ0) is 11.6. The van der Waals surface area contributed by atoms with Crippen LogP contribution in [-0.4, -0.2) is 34.0 Å². The summed E-state index contributed by atoms with van der Waals surface area (Å²) in [7, 11) is -3.53. The minimum absolute atomic E-state index is 0.00419. The highest BCUT2D eigenvalue weighted by Crippen LogP contribution is 2.17.